The van der Waals surface area contributed by atoms with Gasteiger partial charge in [0.15, 0.2) is 22.3 Å². The lowest BCUT2D eigenvalue weighted by atomic mass is 10.3. The van der Waals surface area contributed by atoms with Gasteiger partial charge in [-0.25, -0.2) is 19.2 Å². The first-order valence-corrected chi connectivity index (χ1v) is 16.0. The first-order chi connectivity index (χ1) is 26.2. The van der Waals surface area contributed by atoms with Gasteiger partial charge in [0.25, 0.3) is 5.69 Å². The number of fused-ring (bicyclic) bond motifs is 4. The molecular formula is C41H49N7O11. The lowest BCUT2D eigenvalue weighted by Gasteiger charge is -1.92. The fourth-order valence-corrected chi connectivity index (χ4v) is 4.85. The van der Waals surface area contributed by atoms with E-state index in [1.54, 1.807) is 81.8 Å². The van der Waals surface area contributed by atoms with Crippen LogP contribution in [-0.2, 0) is 21.1 Å². The van der Waals surface area contributed by atoms with Crippen LogP contribution >= 0.6 is 0 Å². The number of hydrogen-bond donors (Lipinski definition) is 4. The Morgan fingerprint density at radius 3 is 1.54 bits per heavy atom. The van der Waals surface area contributed by atoms with E-state index in [0.717, 1.165) is 16.6 Å². The quantitative estimate of drug-likeness (QED) is 0.0541. The molecule has 0 bridgehead atoms. The van der Waals surface area contributed by atoms with Crippen LogP contribution in [0.4, 0.5) is 17.1 Å². The van der Waals surface area contributed by atoms with Crippen LogP contribution < -0.4 is 34.5 Å². The molecule has 59 heavy (non-hydrogen) atoms. The number of nitrogens with one attached hydrogen (secondary N) is 1. The smallest absolute Gasteiger partial charge is 0.419 e. The molecule has 0 fully saturated rings. The van der Waals surface area contributed by atoms with Gasteiger partial charge in [0.1, 0.15) is 5.75 Å². The topological polar surface area (TPSA) is 267 Å². The highest BCUT2D eigenvalue weighted by molar-refractivity contribution is 5.77. The molecule has 0 unspecified atom stereocenters. The molecule has 4 aromatic heterocycles. The van der Waals surface area contributed by atoms with Crippen molar-refractivity contribution in [3.05, 3.63) is 162 Å². The van der Waals surface area contributed by atoms with Crippen molar-refractivity contribution in [3.63, 3.8) is 0 Å². The second-order valence-corrected chi connectivity index (χ2v) is 11.5. The van der Waals surface area contributed by atoms with Gasteiger partial charge in [-0.2, -0.15) is 0 Å². The average Bonchev–Trinajstić information content (AvgIpc) is 3.87. The zero-order valence-corrected chi connectivity index (χ0v) is 29.4. The Hall–Kier alpha value is -8.02. The molecule has 18 nitrogen and oxygen atoms in total. The molecule has 18 heteroatoms. The van der Waals surface area contributed by atoms with E-state index in [2.05, 4.69) is 4.98 Å². The molecule has 0 aliphatic carbocycles. The van der Waals surface area contributed by atoms with Gasteiger partial charge in [-0.05, 0) is 54.6 Å². The number of anilines is 2. The number of aromatic nitrogens is 4. The number of hydrogen-bond acceptors (Lipinski definition) is 13. The number of aryl methyl sites for hydroxylation is 3. The Morgan fingerprint density at radius 2 is 1.03 bits per heavy atom. The predicted octanol–water partition coefficient (Wildman–Crippen LogP) is 7.52. The molecule has 5 aromatic carbocycles. The Labute approximate surface area is 336 Å². The van der Waals surface area contributed by atoms with Crippen LogP contribution in [0.25, 0.3) is 44.4 Å². The normalized spacial score (nSPS) is 9.68. The van der Waals surface area contributed by atoms with E-state index < -0.39 is 16.4 Å². The summed E-state index contributed by atoms with van der Waals surface area (Å²) in [6.07, 6.45) is 0. The molecule has 0 atom stereocenters. The van der Waals surface area contributed by atoms with Crippen LogP contribution in [0, 0.1) is 10.1 Å². The molecule has 0 amide bonds. The SMILES string of the molecule is C.C.C.C.Cn1c(=O)oc2cc(N)ccc21.Cn1c(=O)oc2cc([N+](=O)[O-])ccc21.Cn1c(=O)oc2ccccc21.Nc1ccccc1O.O=c1[nH]c2ccccc2o1. The molecule has 0 saturated carbocycles. The van der Waals surface area contributed by atoms with Crippen molar-refractivity contribution in [3.8, 4) is 5.75 Å². The highest BCUT2D eigenvalue weighted by Gasteiger charge is 2.11. The fraction of sp³-hybridized carbons (Fsp3) is 0.171. The molecule has 9 rings (SSSR count). The van der Waals surface area contributed by atoms with Gasteiger partial charge in [-0.3, -0.25) is 28.8 Å². The van der Waals surface area contributed by atoms with Crippen LogP contribution in [0.1, 0.15) is 29.7 Å². The molecule has 4 heterocycles. The molecule has 0 aliphatic heterocycles. The van der Waals surface area contributed by atoms with E-state index in [4.69, 9.17) is 34.2 Å². The summed E-state index contributed by atoms with van der Waals surface area (Å²) >= 11 is 0. The number of nitro groups is 1. The molecule has 9 aromatic rings. The highest BCUT2D eigenvalue weighted by atomic mass is 16.6. The summed E-state index contributed by atoms with van der Waals surface area (Å²) < 4.78 is 23.6. The molecule has 0 spiro atoms. The zero-order chi connectivity index (χ0) is 39.8. The summed E-state index contributed by atoms with van der Waals surface area (Å²) in [5.74, 6) is -1.46. The van der Waals surface area contributed by atoms with Gasteiger partial charge >= 0.3 is 23.0 Å². The summed E-state index contributed by atoms with van der Waals surface area (Å²) in [5, 5.41) is 19.2. The number of phenolic OH excluding ortho intramolecular Hbond substituents is 1. The Balaban J connectivity index is 0.000000366. The van der Waals surface area contributed by atoms with E-state index in [0.29, 0.717) is 33.6 Å². The molecule has 0 aliphatic rings. The van der Waals surface area contributed by atoms with Crippen molar-refractivity contribution >= 4 is 61.5 Å². The largest absolute Gasteiger partial charge is 0.506 e. The monoisotopic (exact) mass is 815 g/mol. The Bertz CT molecular complexity index is 2940. The number of phenols is 1. The van der Waals surface area contributed by atoms with Gasteiger partial charge < -0.3 is 34.2 Å². The van der Waals surface area contributed by atoms with Gasteiger partial charge in [0.2, 0.25) is 0 Å². The summed E-state index contributed by atoms with van der Waals surface area (Å²) in [6, 6.07) is 30.4. The third-order valence-corrected chi connectivity index (χ3v) is 7.76. The second kappa shape index (κ2) is 21.3. The summed E-state index contributed by atoms with van der Waals surface area (Å²) in [6.45, 7) is 0. The number of aromatic amines is 1. The average molecular weight is 816 g/mol. The maximum Gasteiger partial charge on any atom is 0.419 e. The molecular weight excluding hydrogens is 766 g/mol. The van der Waals surface area contributed by atoms with Crippen molar-refractivity contribution in [2.45, 2.75) is 29.7 Å². The second-order valence-electron chi connectivity index (χ2n) is 11.5. The number of nitrogens with zero attached hydrogens (tertiary/aromatic N) is 4. The number of nitrogens with two attached hydrogens (primary N) is 2. The molecule has 314 valence electrons. The third-order valence-electron chi connectivity index (χ3n) is 7.76. The van der Waals surface area contributed by atoms with Crippen molar-refractivity contribution in [2.24, 2.45) is 21.1 Å². The number of rotatable bonds is 1. The molecule has 6 N–H and O–H groups in total. The van der Waals surface area contributed by atoms with E-state index in [1.165, 1.54) is 31.9 Å². The summed E-state index contributed by atoms with van der Waals surface area (Å²) in [5.41, 5.74) is 16.6. The Kier molecular flexibility index (Phi) is 17.7. The van der Waals surface area contributed by atoms with Gasteiger partial charge in [-0.1, -0.05) is 66.1 Å². The number of aromatic hydroxyl groups is 1. The minimum atomic E-state index is -0.535. The van der Waals surface area contributed by atoms with Crippen molar-refractivity contribution < 1.29 is 27.7 Å². The van der Waals surface area contributed by atoms with E-state index in [-0.39, 0.29) is 58.2 Å². The minimum Gasteiger partial charge on any atom is -0.506 e. The minimum absolute atomic E-state index is 0. The third kappa shape index (κ3) is 11.7. The van der Waals surface area contributed by atoms with E-state index in [1.807, 2.05) is 30.3 Å². The van der Waals surface area contributed by atoms with Gasteiger partial charge in [-0.15, -0.1) is 0 Å². The summed E-state index contributed by atoms with van der Waals surface area (Å²) in [4.78, 5) is 56.0. The van der Waals surface area contributed by atoms with E-state index >= 15 is 0 Å². The number of para-hydroxylation sites is 6. The van der Waals surface area contributed by atoms with Crippen LogP contribution in [0.2, 0.25) is 0 Å². The van der Waals surface area contributed by atoms with Gasteiger partial charge in [0, 0.05) is 39.0 Å². The number of non-ortho nitro benzene ring substituents is 1. The lowest BCUT2D eigenvalue weighted by molar-refractivity contribution is -0.384. The lowest BCUT2D eigenvalue weighted by Crippen LogP contribution is -2.08. The first-order valence-electron chi connectivity index (χ1n) is 16.0. The first kappa shape index (κ1) is 49.0. The van der Waals surface area contributed by atoms with E-state index in [9.17, 15) is 29.3 Å². The number of H-pyrrole nitrogens is 1. The van der Waals surface area contributed by atoms with Crippen molar-refractivity contribution in [1.29, 1.82) is 0 Å². The van der Waals surface area contributed by atoms with Crippen molar-refractivity contribution in [2.75, 3.05) is 11.5 Å². The Morgan fingerprint density at radius 1 is 0.576 bits per heavy atom. The maximum absolute atomic E-state index is 11.0. The van der Waals surface area contributed by atoms with Crippen LogP contribution in [0.5, 0.6) is 5.75 Å². The highest BCUT2D eigenvalue weighted by Crippen LogP contribution is 2.19. The predicted molar refractivity (Wildman–Crippen MR) is 232 cm³/mol. The number of benzene rings is 5. The van der Waals surface area contributed by atoms with Crippen molar-refractivity contribution in [1.82, 2.24) is 18.7 Å². The van der Waals surface area contributed by atoms with Crippen LogP contribution in [-0.4, -0.2) is 28.7 Å². The van der Waals surface area contributed by atoms with Crippen LogP contribution in [0.15, 0.2) is 146 Å². The fourth-order valence-electron chi connectivity index (χ4n) is 4.85. The number of nitrogen functional groups attached to an aromatic ring is 2. The molecule has 0 saturated heterocycles. The summed E-state index contributed by atoms with van der Waals surface area (Å²) in [7, 11) is 4.89. The van der Waals surface area contributed by atoms with Crippen LogP contribution in [0.3, 0.4) is 0 Å². The maximum atomic E-state index is 11.0. The zero-order valence-electron chi connectivity index (χ0n) is 29.4. The standard InChI is InChI=1S/C8H6N2O4.C8H8N2O2.C8H7NO2.C7H5NO2.C6H7NO.4CH4/c1-9-6-3-2-5(10(12)13)4-7(6)14-8(9)11;1-10-6-3-2-5(9)4-7(6)12-8(10)11;1-9-6-4-2-3-5-7(6)11-8(9)10;9-7-8-5-3-1-2-4-6(5)10-7;7-5-3-1-2-4-6(5)8;;;;/h2-4H,1H3;2-4H,9H2,1H3;2-5H,1H3;1-4H,(H,8,9);1-4,8H,7H2;4*1H4. The number of nitro benzene ring substituents is 1. The number of oxazole rings is 4. The molecule has 0 radical (unpaired) electrons. The van der Waals surface area contributed by atoms with Gasteiger partial charge in [0.05, 0.1) is 38.7 Å².